The highest BCUT2D eigenvalue weighted by Crippen LogP contribution is 2.15. The van der Waals surface area contributed by atoms with Crippen molar-refractivity contribution in [2.45, 2.75) is 12.5 Å². The van der Waals surface area contributed by atoms with Gasteiger partial charge in [0.15, 0.2) is 0 Å². The number of hydrogen-bond acceptors (Lipinski definition) is 3. The summed E-state index contributed by atoms with van der Waals surface area (Å²) in [5, 5.41) is 5.94. The zero-order chi connectivity index (χ0) is 18.9. The second-order valence-electron chi connectivity index (χ2n) is 6.66. The predicted molar refractivity (Wildman–Crippen MR) is 103 cm³/mol. The van der Waals surface area contributed by atoms with Crippen molar-refractivity contribution in [1.29, 1.82) is 0 Å². The normalized spacial score (nSPS) is 15.9. The summed E-state index contributed by atoms with van der Waals surface area (Å²) in [6.07, 6.45) is 0.588. The summed E-state index contributed by atoms with van der Waals surface area (Å²) in [5.41, 5.74) is 1.94. The summed E-state index contributed by atoms with van der Waals surface area (Å²) in [7, 11) is 0. The van der Waals surface area contributed by atoms with Crippen LogP contribution >= 0.6 is 0 Å². The number of hydrogen-bond donors (Lipinski definition) is 2. The molecule has 1 saturated heterocycles. The van der Waals surface area contributed by atoms with Gasteiger partial charge in [-0.2, -0.15) is 0 Å². The fraction of sp³-hybridized carbons (Fsp3) is 0.381. The Balaban J connectivity index is 1.53. The molecule has 3 rings (SSSR count). The average Bonchev–Trinajstić information content (AvgIpc) is 2.69. The molecule has 1 aliphatic heterocycles. The van der Waals surface area contributed by atoms with Crippen molar-refractivity contribution in [1.82, 2.24) is 15.5 Å². The van der Waals surface area contributed by atoms with E-state index in [1.54, 1.807) is 6.07 Å². The summed E-state index contributed by atoms with van der Waals surface area (Å²) in [6, 6.07) is 16.1. The first-order valence-corrected chi connectivity index (χ1v) is 9.34. The number of halogens is 1. The molecule has 1 atom stereocenters. The third-order valence-electron chi connectivity index (χ3n) is 4.64. The highest BCUT2D eigenvalue weighted by atomic mass is 19.1. The van der Waals surface area contributed by atoms with Gasteiger partial charge in [0.25, 0.3) is 0 Å². The Labute approximate surface area is 159 Å². The minimum atomic E-state index is -0.258. The van der Waals surface area contributed by atoms with E-state index in [2.05, 4.69) is 15.5 Å². The van der Waals surface area contributed by atoms with Crippen LogP contribution in [0.15, 0.2) is 54.6 Å². The monoisotopic (exact) mass is 371 g/mol. The summed E-state index contributed by atoms with van der Waals surface area (Å²) in [5.74, 6) is -0.258. The lowest BCUT2D eigenvalue weighted by molar-refractivity contribution is 0.0340. The van der Waals surface area contributed by atoms with Gasteiger partial charge >= 0.3 is 6.03 Å². The Morgan fingerprint density at radius 3 is 2.63 bits per heavy atom. The van der Waals surface area contributed by atoms with Gasteiger partial charge < -0.3 is 15.4 Å². The Kier molecular flexibility index (Phi) is 7.19. The number of nitrogens with one attached hydrogen (secondary N) is 2. The molecular formula is C21H26FN3O2. The lowest BCUT2D eigenvalue weighted by Crippen LogP contribution is -2.45. The number of carbonyl (C=O) groups is 1. The van der Waals surface area contributed by atoms with Gasteiger partial charge in [-0.25, -0.2) is 9.18 Å². The fourth-order valence-corrected chi connectivity index (χ4v) is 3.18. The number of benzene rings is 2. The largest absolute Gasteiger partial charge is 0.379 e. The van der Waals surface area contributed by atoms with Gasteiger partial charge in [-0.1, -0.05) is 42.5 Å². The highest BCUT2D eigenvalue weighted by Gasteiger charge is 2.19. The van der Waals surface area contributed by atoms with Crippen LogP contribution < -0.4 is 10.6 Å². The second-order valence-corrected chi connectivity index (χ2v) is 6.66. The number of carbonyl (C=O) groups excluding carboxylic acids is 1. The fourth-order valence-electron chi connectivity index (χ4n) is 3.18. The van der Waals surface area contributed by atoms with Gasteiger partial charge in [-0.3, -0.25) is 4.90 Å². The maximum absolute atomic E-state index is 13.2. The van der Waals surface area contributed by atoms with Crippen LogP contribution in [0.25, 0.3) is 0 Å². The number of morpholine rings is 1. The Morgan fingerprint density at radius 2 is 1.89 bits per heavy atom. The molecule has 1 fully saturated rings. The van der Waals surface area contributed by atoms with Crippen molar-refractivity contribution in [2.24, 2.45) is 0 Å². The van der Waals surface area contributed by atoms with Gasteiger partial charge in [0.2, 0.25) is 0 Å². The Bertz CT molecular complexity index is 720. The highest BCUT2D eigenvalue weighted by molar-refractivity contribution is 5.74. The van der Waals surface area contributed by atoms with Crippen molar-refractivity contribution in [3.05, 3.63) is 71.5 Å². The third kappa shape index (κ3) is 6.34. The zero-order valence-electron chi connectivity index (χ0n) is 15.4. The molecule has 1 heterocycles. The molecule has 2 aromatic carbocycles. The van der Waals surface area contributed by atoms with E-state index in [1.807, 2.05) is 36.4 Å². The van der Waals surface area contributed by atoms with Crippen molar-refractivity contribution in [3.8, 4) is 0 Å². The number of ether oxygens (including phenoxy) is 1. The first-order valence-electron chi connectivity index (χ1n) is 9.34. The molecule has 2 aromatic rings. The van der Waals surface area contributed by atoms with E-state index in [1.165, 1.54) is 12.1 Å². The van der Waals surface area contributed by atoms with E-state index in [4.69, 9.17) is 4.74 Å². The maximum Gasteiger partial charge on any atom is 0.315 e. The van der Waals surface area contributed by atoms with Crippen LogP contribution in [0, 0.1) is 5.82 Å². The summed E-state index contributed by atoms with van der Waals surface area (Å²) in [6.45, 7) is 4.38. The van der Waals surface area contributed by atoms with Crippen molar-refractivity contribution in [3.63, 3.8) is 0 Å². The molecule has 2 amide bonds. The Hall–Kier alpha value is -2.44. The van der Waals surface area contributed by atoms with Gasteiger partial charge in [-0.15, -0.1) is 0 Å². The zero-order valence-corrected chi connectivity index (χ0v) is 15.4. The van der Waals surface area contributed by atoms with E-state index in [0.717, 1.165) is 44.0 Å². The van der Waals surface area contributed by atoms with Crippen molar-refractivity contribution >= 4 is 6.03 Å². The van der Waals surface area contributed by atoms with Crippen LogP contribution in [0.2, 0.25) is 0 Å². The quantitative estimate of drug-likeness (QED) is 0.787. The lowest BCUT2D eigenvalue weighted by Gasteiger charge is -2.31. The van der Waals surface area contributed by atoms with E-state index >= 15 is 0 Å². The van der Waals surface area contributed by atoms with Crippen LogP contribution in [0.1, 0.15) is 17.2 Å². The molecule has 0 spiro atoms. The van der Waals surface area contributed by atoms with Gasteiger partial charge in [0.05, 0.1) is 19.3 Å². The number of nitrogens with zero attached hydrogens (tertiary/aromatic N) is 1. The van der Waals surface area contributed by atoms with Crippen LogP contribution in [-0.2, 0) is 11.2 Å². The molecule has 27 heavy (non-hydrogen) atoms. The molecule has 2 N–H and O–H groups in total. The molecule has 0 aromatic heterocycles. The molecule has 6 heteroatoms. The topological polar surface area (TPSA) is 53.6 Å². The van der Waals surface area contributed by atoms with Crippen molar-refractivity contribution < 1.29 is 13.9 Å². The Morgan fingerprint density at radius 1 is 1.11 bits per heavy atom. The number of urea groups is 1. The smallest absolute Gasteiger partial charge is 0.315 e. The number of rotatable bonds is 7. The lowest BCUT2D eigenvalue weighted by atomic mass is 10.1. The van der Waals surface area contributed by atoms with Crippen LogP contribution in [0.3, 0.4) is 0 Å². The van der Waals surface area contributed by atoms with Gasteiger partial charge in [-0.05, 0) is 29.7 Å². The van der Waals surface area contributed by atoms with Crippen LogP contribution in [-0.4, -0.2) is 50.3 Å². The summed E-state index contributed by atoms with van der Waals surface area (Å²) in [4.78, 5) is 14.7. The first-order chi connectivity index (χ1) is 13.2. The van der Waals surface area contributed by atoms with E-state index in [9.17, 15) is 9.18 Å². The molecule has 1 unspecified atom stereocenters. The molecule has 144 valence electrons. The molecule has 0 radical (unpaired) electrons. The number of amides is 2. The van der Waals surface area contributed by atoms with E-state index in [-0.39, 0.29) is 17.9 Å². The third-order valence-corrected chi connectivity index (χ3v) is 4.64. The molecule has 0 aliphatic carbocycles. The average molecular weight is 371 g/mol. The van der Waals surface area contributed by atoms with Crippen LogP contribution in [0.4, 0.5) is 9.18 Å². The second kappa shape index (κ2) is 10.0. The minimum absolute atomic E-state index is 0.0986. The molecule has 0 saturated carbocycles. The maximum atomic E-state index is 13.2. The van der Waals surface area contributed by atoms with E-state index < -0.39 is 0 Å². The SMILES string of the molecule is O=C(NCCc1cccc(F)c1)NC(CN1CCOCC1)c1ccccc1. The molecule has 0 bridgehead atoms. The van der Waals surface area contributed by atoms with Crippen molar-refractivity contribution in [2.75, 3.05) is 39.4 Å². The minimum Gasteiger partial charge on any atom is -0.379 e. The summed E-state index contributed by atoms with van der Waals surface area (Å²) < 4.78 is 18.6. The van der Waals surface area contributed by atoms with Crippen LogP contribution in [0.5, 0.6) is 0 Å². The molecule has 5 nitrogen and oxygen atoms in total. The molecule has 1 aliphatic rings. The van der Waals surface area contributed by atoms with E-state index in [0.29, 0.717) is 13.0 Å². The predicted octanol–water partition coefficient (Wildman–Crippen LogP) is 2.74. The summed E-state index contributed by atoms with van der Waals surface area (Å²) >= 11 is 0. The van der Waals surface area contributed by atoms with Gasteiger partial charge in [0, 0.05) is 26.2 Å². The molecular weight excluding hydrogens is 345 g/mol. The first kappa shape index (κ1) is 19.3. The standard InChI is InChI=1S/C21H26FN3O2/c22-19-8-4-5-17(15-19)9-10-23-21(26)24-20(18-6-2-1-3-7-18)16-25-11-13-27-14-12-25/h1-8,15,20H,9-14,16H2,(H2,23,24,26). The van der Waals surface area contributed by atoms with Gasteiger partial charge in [0.1, 0.15) is 5.82 Å².